The molecule has 2 heterocycles. The quantitative estimate of drug-likeness (QED) is 0.729. The van der Waals surface area contributed by atoms with Gasteiger partial charge in [-0.3, -0.25) is 9.69 Å². The summed E-state index contributed by atoms with van der Waals surface area (Å²) in [6.45, 7) is 0. The molecule has 0 aromatic heterocycles. The van der Waals surface area contributed by atoms with Crippen molar-refractivity contribution in [3.8, 4) is 16.9 Å². The normalized spacial score (nSPS) is 30.0. The van der Waals surface area contributed by atoms with Gasteiger partial charge in [0.25, 0.3) is 5.91 Å². The van der Waals surface area contributed by atoms with Crippen LogP contribution in [-0.2, 0) is 10.3 Å². The number of nitrogens with zero attached hydrogens (tertiary/aromatic N) is 2. The predicted molar refractivity (Wildman–Crippen MR) is 111 cm³/mol. The first-order valence-corrected chi connectivity index (χ1v) is 10.3. The highest BCUT2D eigenvalue weighted by molar-refractivity contribution is 6.30. The number of likely N-dealkylation sites (N-methyl/N-ethyl adjacent to an activating group) is 1. The number of carbonyl (C=O) groups is 1. The number of carbonyl (C=O) groups excluding carboxylic acids is 1. The summed E-state index contributed by atoms with van der Waals surface area (Å²) < 4.78 is 20.2. The minimum Gasteiger partial charge on any atom is -0.490 e. The number of halogens is 2. The van der Waals surface area contributed by atoms with Crippen molar-refractivity contribution < 1.29 is 19.0 Å². The number of fused-ring (bicyclic) bond motifs is 4. The Labute approximate surface area is 178 Å². The Balaban J connectivity index is 1.72. The lowest BCUT2D eigenvalue weighted by molar-refractivity contribution is -0.138. The molecule has 8 heteroatoms. The van der Waals surface area contributed by atoms with Crippen molar-refractivity contribution in [2.24, 2.45) is 16.6 Å². The van der Waals surface area contributed by atoms with Crippen molar-refractivity contribution in [3.63, 3.8) is 0 Å². The highest BCUT2D eigenvalue weighted by Gasteiger charge is 2.60. The van der Waals surface area contributed by atoms with Crippen molar-refractivity contribution in [2.45, 2.75) is 37.0 Å². The molecule has 5 rings (SSSR count). The third-order valence-electron chi connectivity index (χ3n) is 6.43. The Morgan fingerprint density at radius 2 is 2.07 bits per heavy atom. The number of aliphatic hydroxyl groups excluding tert-OH is 1. The molecule has 1 spiro atoms. The summed E-state index contributed by atoms with van der Waals surface area (Å²) in [5.74, 6) is -0.361. The number of aliphatic hydroxyl groups is 1. The SMILES string of the molecule is CN1C(=O)C2(N=C1N)c1cc(-c3cc(F)cc(Cl)c3)ccc1OC1CCC(O)C[C@@H]12. The molecule has 1 fully saturated rings. The summed E-state index contributed by atoms with van der Waals surface area (Å²) in [7, 11) is 1.59. The Bertz CT molecular complexity index is 1070. The van der Waals surface area contributed by atoms with Crippen LogP contribution in [0.5, 0.6) is 5.75 Å². The maximum atomic E-state index is 13.9. The van der Waals surface area contributed by atoms with E-state index in [4.69, 9.17) is 22.1 Å². The largest absolute Gasteiger partial charge is 0.490 e. The average molecular weight is 430 g/mol. The van der Waals surface area contributed by atoms with Gasteiger partial charge in [-0.25, -0.2) is 9.38 Å². The summed E-state index contributed by atoms with van der Waals surface area (Å²) in [5.41, 5.74) is 6.63. The summed E-state index contributed by atoms with van der Waals surface area (Å²) >= 11 is 6.04. The Morgan fingerprint density at radius 3 is 2.77 bits per heavy atom. The van der Waals surface area contributed by atoms with Gasteiger partial charge >= 0.3 is 0 Å². The van der Waals surface area contributed by atoms with E-state index >= 15 is 0 Å². The number of benzene rings is 2. The lowest BCUT2D eigenvalue weighted by Crippen LogP contribution is -2.55. The van der Waals surface area contributed by atoms with E-state index in [1.807, 2.05) is 6.07 Å². The van der Waals surface area contributed by atoms with E-state index < -0.39 is 17.5 Å². The maximum Gasteiger partial charge on any atom is 0.262 e. The van der Waals surface area contributed by atoms with Gasteiger partial charge < -0.3 is 15.6 Å². The van der Waals surface area contributed by atoms with Crippen LogP contribution >= 0.6 is 11.6 Å². The molecular weight excluding hydrogens is 409 g/mol. The molecular formula is C22H21ClFN3O3. The lowest BCUT2D eigenvalue weighted by atomic mass is 9.66. The summed E-state index contributed by atoms with van der Waals surface area (Å²) in [5, 5.41) is 10.6. The molecule has 3 aliphatic rings. The molecule has 6 nitrogen and oxygen atoms in total. The third kappa shape index (κ3) is 2.72. The molecule has 3 N–H and O–H groups in total. The fourth-order valence-corrected chi connectivity index (χ4v) is 5.20. The molecule has 156 valence electrons. The van der Waals surface area contributed by atoms with E-state index in [0.29, 0.717) is 41.7 Å². The highest BCUT2D eigenvalue weighted by Crippen LogP contribution is 2.53. The molecule has 2 aromatic carbocycles. The fourth-order valence-electron chi connectivity index (χ4n) is 4.97. The number of guanidine groups is 1. The van der Waals surface area contributed by atoms with Crippen LogP contribution in [0.3, 0.4) is 0 Å². The molecule has 4 atom stereocenters. The molecule has 1 amide bonds. The van der Waals surface area contributed by atoms with Gasteiger partial charge in [0.05, 0.1) is 6.10 Å². The van der Waals surface area contributed by atoms with E-state index in [0.717, 1.165) is 0 Å². The molecule has 1 aliphatic carbocycles. The minimum absolute atomic E-state index is 0.130. The van der Waals surface area contributed by atoms with E-state index in [9.17, 15) is 14.3 Å². The Hall–Kier alpha value is -2.64. The van der Waals surface area contributed by atoms with Crippen LogP contribution in [0, 0.1) is 11.7 Å². The molecule has 0 radical (unpaired) electrons. The first-order chi connectivity index (χ1) is 14.3. The minimum atomic E-state index is -1.27. The van der Waals surface area contributed by atoms with Gasteiger partial charge in [-0.05, 0) is 60.7 Å². The first kappa shape index (κ1) is 19.3. The van der Waals surface area contributed by atoms with Crippen molar-refractivity contribution in [3.05, 3.63) is 52.8 Å². The third-order valence-corrected chi connectivity index (χ3v) is 6.64. The number of nitrogens with two attached hydrogens (primary N) is 1. The number of aliphatic imine (C=N–C) groups is 1. The maximum absolute atomic E-state index is 13.9. The molecule has 0 saturated heterocycles. The zero-order valence-corrected chi connectivity index (χ0v) is 17.1. The van der Waals surface area contributed by atoms with Gasteiger partial charge in [0, 0.05) is 23.6 Å². The van der Waals surface area contributed by atoms with Crippen molar-refractivity contribution in [1.29, 1.82) is 0 Å². The second-order valence-electron chi connectivity index (χ2n) is 8.20. The number of ether oxygens (including phenoxy) is 1. The Morgan fingerprint density at radius 1 is 1.27 bits per heavy atom. The van der Waals surface area contributed by atoms with E-state index in [-0.39, 0.29) is 28.9 Å². The standard InChI is InChI=1S/C22H21ClFN3O3/c1-27-20(29)22(26-21(27)25)16-8-11(12-6-13(23)9-14(24)7-12)2-4-18(16)30-19-5-3-15(28)10-17(19)22/h2,4,6-9,15,17,19,28H,3,5,10H2,1H3,(H2,25,26)/t15?,17-,19?,22?/m0/s1. The van der Waals surface area contributed by atoms with E-state index in [1.165, 1.54) is 17.0 Å². The summed E-state index contributed by atoms with van der Waals surface area (Å²) in [6.07, 6.45) is 0.836. The summed E-state index contributed by atoms with van der Waals surface area (Å²) in [6, 6.07) is 9.68. The van der Waals surface area contributed by atoms with Crippen LogP contribution in [0.15, 0.2) is 41.4 Å². The van der Waals surface area contributed by atoms with Gasteiger partial charge in [-0.15, -0.1) is 0 Å². The van der Waals surface area contributed by atoms with Crippen LogP contribution in [0.1, 0.15) is 24.8 Å². The van der Waals surface area contributed by atoms with Crippen molar-refractivity contribution in [1.82, 2.24) is 4.90 Å². The number of hydrogen-bond acceptors (Lipinski definition) is 5. The van der Waals surface area contributed by atoms with Crippen molar-refractivity contribution >= 4 is 23.5 Å². The van der Waals surface area contributed by atoms with Crippen LogP contribution in [-0.4, -0.2) is 41.1 Å². The second kappa shape index (κ2) is 6.68. The Kier molecular flexibility index (Phi) is 4.31. The molecule has 2 aliphatic heterocycles. The lowest BCUT2D eigenvalue weighted by Gasteiger charge is -2.47. The number of hydrogen-bond donors (Lipinski definition) is 2. The topological polar surface area (TPSA) is 88.2 Å². The first-order valence-electron chi connectivity index (χ1n) is 9.89. The van der Waals surface area contributed by atoms with Crippen LogP contribution < -0.4 is 10.5 Å². The fraction of sp³-hybridized carbons (Fsp3) is 0.364. The number of rotatable bonds is 1. The molecule has 30 heavy (non-hydrogen) atoms. The van der Waals surface area contributed by atoms with E-state index in [1.54, 1.807) is 25.2 Å². The van der Waals surface area contributed by atoms with E-state index in [2.05, 4.69) is 4.99 Å². The molecule has 0 bridgehead atoms. The smallest absolute Gasteiger partial charge is 0.262 e. The van der Waals surface area contributed by atoms with Crippen LogP contribution in [0.4, 0.5) is 4.39 Å². The summed E-state index contributed by atoms with van der Waals surface area (Å²) in [4.78, 5) is 19.5. The van der Waals surface area contributed by atoms with Gasteiger partial charge in [0.15, 0.2) is 11.5 Å². The zero-order valence-electron chi connectivity index (χ0n) is 16.3. The zero-order chi connectivity index (χ0) is 21.2. The predicted octanol–water partition coefficient (Wildman–Crippen LogP) is 3.05. The number of amides is 1. The van der Waals surface area contributed by atoms with Gasteiger partial charge in [0.1, 0.15) is 17.7 Å². The van der Waals surface area contributed by atoms with Gasteiger partial charge in [-0.2, -0.15) is 0 Å². The average Bonchev–Trinajstić information content (AvgIpc) is 2.93. The van der Waals surface area contributed by atoms with Crippen LogP contribution in [0.2, 0.25) is 5.02 Å². The second-order valence-corrected chi connectivity index (χ2v) is 8.64. The monoisotopic (exact) mass is 429 g/mol. The van der Waals surface area contributed by atoms with Crippen LogP contribution in [0.25, 0.3) is 11.1 Å². The molecule has 1 saturated carbocycles. The molecule has 3 unspecified atom stereocenters. The van der Waals surface area contributed by atoms with Gasteiger partial charge in [0.2, 0.25) is 0 Å². The van der Waals surface area contributed by atoms with Crippen molar-refractivity contribution in [2.75, 3.05) is 7.05 Å². The highest BCUT2D eigenvalue weighted by atomic mass is 35.5. The molecule has 2 aromatic rings. The van der Waals surface area contributed by atoms with Gasteiger partial charge in [-0.1, -0.05) is 17.7 Å².